The number of ether oxygens (including phenoxy) is 1. The largest absolute Gasteiger partial charge is 0.370 e. The molecule has 0 saturated carbocycles. The lowest BCUT2D eigenvalue weighted by atomic mass is 10.2. The Morgan fingerprint density at radius 3 is 3.33 bits per heavy atom. The highest BCUT2D eigenvalue weighted by atomic mass is 32.2. The first-order valence-corrected chi connectivity index (χ1v) is 8.63. The fourth-order valence-corrected chi connectivity index (χ4v) is 3.32. The number of aromatic amines is 1. The zero-order chi connectivity index (χ0) is 14.5. The van der Waals surface area contributed by atoms with Crippen molar-refractivity contribution in [3.8, 4) is 0 Å². The molecule has 1 atom stereocenters. The molecule has 0 spiro atoms. The minimum absolute atomic E-state index is 0.0168. The molecule has 2 aromatic rings. The highest BCUT2D eigenvalue weighted by Gasteiger charge is 2.21. The Labute approximate surface area is 130 Å². The molecule has 2 N–H and O–H groups in total. The summed E-state index contributed by atoms with van der Waals surface area (Å²) < 4.78 is 5.54. The molecule has 0 radical (unpaired) electrons. The van der Waals surface area contributed by atoms with Gasteiger partial charge in [-0.05, 0) is 24.3 Å². The number of thioether (sulfide) groups is 1. The first-order valence-electron chi connectivity index (χ1n) is 6.77. The highest BCUT2D eigenvalue weighted by molar-refractivity contribution is 7.99. The molecule has 0 bridgehead atoms. The highest BCUT2D eigenvalue weighted by Crippen LogP contribution is 2.26. The molecule has 3 heterocycles. The van der Waals surface area contributed by atoms with Crippen molar-refractivity contribution in [2.24, 2.45) is 0 Å². The van der Waals surface area contributed by atoms with Gasteiger partial charge in [0.2, 0.25) is 11.1 Å². The zero-order valence-corrected chi connectivity index (χ0v) is 13.0. The van der Waals surface area contributed by atoms with Crippen molar-refractivity contribution in [1.82, 2.24) is 20.5 Å². The lowest BCUT2D eigenvalue weighted by Gasteiger charge is -2.03. The average molecular weight is 324 g/mol. The van der Waals surface area contributed by atoms with E-state index in [-0.39, 0.29) is 12.0 Å². The standard InChI is InChI=1S/C13H16N4O2S2/c18-11(14-7-9-3-2-6-20-9)8-21-13-15-12(16-17-13)10-4-1-5-19-10/h2-3,6,10H,1,4-5,7-8H2,(H,14,18)(H,15,16,17)/t10-/m1/s1. The third kappa shape index (κ3) is 4.05. The smallest absolute Gasteiger partial charge is 0.230 e. The minimum Gasteiger partial charge on any atom is -0.370 e. The molecule has 1 fully saturated rings. The molecule has 8 heteroatoms. The van der Waals surface area contributed by atoms with E-state index in [0.717, 1.165) is 30.2 Å². The van der Waals surface area contributed by atoms with Gasteiger partial charge in [-0.3, -0.25) is 9.89 Å². The fourth-order valence-electron chi connectivity index (χ4n) is 2.04. The number of H-pyrrole nitrogens is 1. The molecule has 0 aromatic carbocycles. The van der Waals surface area contributed by atoms with Crippen LogP contribution in [0.4, 0.5) is 0 Å². The number of rotatable bonds is 6. The van der Waals surface area contributed by atoms with Gasteiger partial charge in [0.15, 0.2) is 5.82 Å². The summed E-state index contributed by atoms with van der Waals surface area (Å²) >= 11 is 2.96. The molecule has 0 unspecified atom stereocenters. The van der Waals surface area contributed by atoms with Crippen LogP contribution < -0.4 is 5.32 Å². The van der Waals surface area contributed by atoms with Gasteiger partial charge in [0.1, 0.15) is 6.10 Å². The van der Waals surface area contributed by atoms with Crippen molar-refractivity contribution in [1.29, 1.82) is 0 Å². The summed E-state index contributed by atoms with van der Waals surface area (Å²) in [6.45, 7) is 1.35. The topological polar surface area (TPSA) is 79.9 Å². The molecule has 112 valence electrons. The van der Waals surface area contributed by atoms with Crippen molar-refractivity contribution >= 4 is 29.0 Å². The van der Waals surface area contributed by atoms with Gasteiger partial charge < -0.3 is 10.1 Å². The van der Waals surface area contributed by atoms with Gasteiger partial charge in [-0.1, -0.05) is 17.8 Å². The zero-order valence-electron chi connectivity index (χ0n) is 11.4. The van der Waals surface area contributed by atoms with Gasteiger partial charge in [-0.15, -0.1) is 16.4 Å². The van der Waals surface area contributed by atoms with Crippen molar-refractivity contribution in [3.05, 3.63) is 28.2 Å². The molecule has 2 aromatic heterocycles. The van der Waals surface area contributed by atoms with E-state index in [0.29, 0.717) is 17.5 Å². The maximum atomic E-state index is 11.8. The summed E-state index contributed by atoms with van der Waals surface area (Å²) in [5.74, 6) is 1.06. The van der Waals surface area contributed by atoms with Gasteiger partial charge >= 0.3 is 0 Å². The second kappa shape index (κ2) is 7.06. The summed E-state index contributed by atoms with van der Waals surface area (Å²) in [5, 5.41) is 12.5. The summed E-state index contributed by atoms with van der Waals surface area (Å²) in [7, 11) is 0. The van der Waals surface area contributed by atoms with Crippen molar-refractivity contribution in [3.63, 3.8) is 0 Å². The van der Waals surface area contributed by atoms with Gasteiger partial charge in [-0.2, -0.15) is 0 Å². The Morgan fingerprint density at radius 2 is 2.57 bits per heavy atom. The number of carbonyl (C=O) groups excluding carboxylic acids is 1. The summed E-state index contributed by atoms with van der Waals surface area (Å²) in [5.41, 5.74) is 0. The van der Waals surface area contributed by atoms with Crippen LogP contribution >= 0.6 is 23.1 Å². The van der Waals surface area contributed by atoms with Crippen molar-refractivity contribution in [2.75, 3.05) is 12.4 Å². The van der Waals surface area contributed by atoms with Crippen LogP contribution in [0.25, 0.3) is 0 Å². The number of nitrogens with zero attached hydrogens (tertiary/aromatic N) is 2. The van der Waals surface area contributed by atoms with Crippen LogP contribution in [0.2, 0.25) is 0 Å². The first-order chi connectivity index (χ1) is 10.3. The number of amides is 1. The van der Waals surface area contributed by atoms with Gasteiger partial charge in [0, 0.05) is 11.5 Å². The van der Waals surface area contributed by atoms with E-state index in [9.17, 15) is 4.79 Å². The lowest BCUT2D eigenvalue weighted by Crippen LogP contribution is -2.24. The Hall–Kier alpha value is -1.38. The van der Waals surface area contributed by atoms with Crippen LogP contribution in [0.5, 0.6) is 0 Å². The third-order valence-corrected chi connectivity index (χ3v) is 4.81. The van der Waals surface area contributed by atoms with E-state index in [1.165, 1.54) is 11.8 Å². The van der Waals surface area contributed by atoms with Crippen LogP contribution in [0, 0.1) is 0 Å². The number of carbonyl (C=O) groups is 1. The van der Waals surface area contributed by atoms with E-state index in [1.807, 2.05) is 17.5 Å². The fraction of sp³-hybridized carbons (Fsp3) is 0.462. The van der Waals surface area contributed by atoms with Crippen LogP contribution in [-0.2, 0) is 16.1 Å². The van der Waals surface area contributed by atoms with Crippen LogP contribution in [0.3, 0.4) is 0 Å². The maximum absolute atomic E-state index is 11.8. The lowest BCUT2D eigenvalue weighted by molar-refractivity contribution is -0.118. The molecule has 3 rings (SSSR count). The second-order valence-corrected chi connectivity index (χ2v) is 6.62. The van der Waals surface area contributed by atoms with Crippen LogP contribution in [0.1, 0.15) is 29.6 Å². The molecule has 0 aliphatic carbocycles. The number of aromatic nitrogens is 3. The molecular formula is C13H16N4O2S2. The summed E-state index contributed by atoms with van der Waals surface area (Å²) in [6, 6.07) is 3.97. The van der Waals surface area contributed by atoms with Crippen molar-refractivity contribution in [2.45, 2.75) is 30.6 Å². The minimum atomic E-state index is -0.0168. The van der Waals surface area contributed by atoms with Crippen molar-refractivity contribution < 1.29 is 9.53 Å². The van der Waals surface area contributed by atoms with E-state index in [4.69, 9.17) is 4.74 Å². The molecule has 1 aliphatic rings. The van der Waals surface area contributed by atoms with E-state index < -0.39 is 0 Å². The molecule has 6 nitrogen and oxygen atoms in total. The summed E-state index contributed by atoms with van der Waals surface area (Å²) in [4.78, 5) is 17.3. The third-order valence-electron chi connectivity index (χ3n) is 3.09. The van der Waals surface area contributed by atoms with E-state index >= 15 is 0 Å². The first kappa shape index (κ1) is 14.6. The summed E-state index contributed by atoms with van der Waals surface area (Å²) in [6.07, 6.45) is 2.05. The number of thiophene rings is 1. The predicted octanol–water partition coefficient (Wildman–Crippen LogP) is 2.13. The molecule has 1 saturated heterocycles. The normalized spacial score (nSPS) is 18.0. The Bertz CT molecular complexity index is 579. The van der Waals surface area contributed by atoms with Gasteiger partial charge in [0.05, 0.1) is 12.3 Å². The van der Waals surface area contributed by atoms with Gasteiger partial charge in [-0.25, -0.2) is 4.98 Å². The van der Waals surface area contributed by atoms with Crippen LogP contribution in [-0.4, -0.2) is 33.4 Å². The number of nitrogens with one attached hydrogen (secondary N) is 2. The Balaban J connectivity index is 1.43. The van der Waals surface area contributed by atoms with E-state index in [1.54, 1.807) is 11.3 Å². The van der Waals surface area contributed by atoms with Crippen LogP contribution in [0.15, 0.2) is 22.7 Å². The SMILES string of the molecule is O=C(CSc1n[nH]c([C@H]2CCCO2)n1)NCc1cccs1. The Kier molecular flexibility index (Phi) is 4.89. The molecule has 1 aliphatic heterocycles. The van der Waals surface area contributed by atoms with E-state index in [2.05, 4.69) is 20.5 Å². The number of hydrogen-bond donors (Lipinski definition) is 2. The average Bonchev–Trinajstić information content (AvgIpc) is 3.24. The monoisotopic (exact) mass is 324 g/mol. The predicted molar refractivity (Wildman–Crippen MR) is 81.2 cm³/mol. The quantitative estimate of drug-likeness (QED) is 0.796. The Morgan fingerprint density at radius 1 is 1.62 bits per heavy atom. The molecule has 21 heavy (non-hydrogen) atoms. The second-order valence-electron chi connectivity index (χ2n) is 4.65. The molecule has 1 amide bonds. The maximum Gasteiger partial charge on any atom is 0.230 e. The molecular weight excluding hydrogens is 308 g/mol. The van der Waals surface area contributed by atoms with Gasteiger partial charge in [0.25, 0.3) is 0 Å². The number of hydrogen-bond acceptors (Lipinski definition) is 6.